The first-order valence-electron chi connectivity index (χ1n) is 6.10. The van der Waals surface area contributed by atoms with Crippen molar-refractivity contribution in [3.63, 3.8) is 0 Å². The van der Waals surface area contributed by atoms with E-state index < -0.39 is 0 Å². The molecule has 0 unspecified atom stereocenters. The van der Waals surface area contributed by atoms with Crippen LogP contribution in [0.15, 0.2) is 18.2 Å². The molecule has 0 spiro atoms. The minimum Gasteiger partial charge on any atom is -0.347 e. The highest BCUT2D eigenvalue weighted by Crippen LogP contribution is 2.30. The maximum atomic E-state index is 9.12. The largest absolute Gasteiger partial charge is 0.347 e. The van der Waals surface area contributed by atoms with Gasteiger partial charge in [-0.1, -0.05) is 17.7 Å². The molecule has 0 bridgehead atoms. The minimum atomic E-state index is 0.756. The number of hydrogen-bond acceptors (Lipinski definition) is 1. The first-order chi connectivity index (χ1) is 8.45. The molecule has 18 heavy (non-hydrogen) atoms. The van der Waals surface area contributed by atoms with Gasteiger partial charge in [0.1, 0.15) is 6.07 Å². The molecular weight excluding hydrogens is 220 g/mol. The molecule has 2 nitrogen and oxygen atoms in total. The van der Waals surface area contributed by atoms with Crippen LogP contribution >= 0.6 is 0 Å². The molecule has 0 amide bonds. The van der Waals surface area contributed by atoms with Crippen LogP contribution in [0.3, 0.4) is 0 Å². The standard InChI is InChI=1S/C16H18N2/c1-10-6-11(2)16(12(3)7-10)15-8-14(9-17)13(4)18(15)5/h6-8H,1-5H3. The maximum absolute atomic E-state index is 9.12. The Morgan fingerprint density at radius 1 is 1.00 bits per heavy atom. The lowest BCUT2D eigenvalue weighted by Crippen LogP contribution is -1.98. The van der Waals surface area contributed by atoms with Crippen LogP contribution in [0.25, 0.3) is 11.3 Å². The van der Waals surface area contributed by atoms with Crippen molar-refractivity contribution in [1.29, 1.82) is 5.26 Å². The summed E-state index contributed by atoms with van der Waals surface area (Å²) in [6.07, 6.45) is 0. The predicted molar refractivity (Wildman–Crippen MR) is 74.5 cm³/mol. The van der Waals surface area contributed by atoms with Crippen molar-refractivity contribution >= 4 is 0 Å². The Balaban J connectivity index is 2.75. The van der Waals surface area contributed by atoms with Gasteiger partial charge in [-0.05, 0) is 44.9 Å². The lowest BCUT2D eigenvalue weighted by Gasteiger charge is -2.13. The smallest absolute Gasteiger partial charge is 0.101 e. The Morgan fingerprint density at radius 2 is 1.56 bits per heavy atom. The third-order valence-corrected chi connectivity index (χ3v) is 3.59. The summed E-state index contributed by atoms with van der Waals surface area (Å²) in [6.45, 7) is 8.36. The van der Waals surface area contributed by atoms with Crippen molar-refractivity contribution in [3.8, 4) is 17.3 Å². The third kappa shape index (κ3) is 1.82. The van der Waals surface area contributed by atoms with Crippen molar-refractivity contribution in [2.75, 3.05) is 0 Å². The second kappa shape index (κ2) is 4.34. The second-order valence-corrected chi connectivity index (χ2v) is 4.97. The first-order valence-corrected chi connectivity index (χ1v) is 6.10. The van der Waals surface area contributed by atoms with Crippen LogP contribution in [0.1, 0.15) is 27.9 Å². The molecule has 92 valence electrons. The molecule has 0 aliphatic rings. The minimum absolute atomic E-state index is 0.756. The highest BCUT2D eigenvalue weighted by atomic mass is 15.0. The van der Waals surface area contributed by atoms with Gasteiger partial charge in [0.05, 0.1) is 5.56 Å². The van der Waals surface area contributed by atoms with E-state index in [1.807, 2.05) is 20.0 Å². The normalized spacial score (nSPS) is 10.4. The van der Waals surface area contributed by atoms with Gasteiger partial charge < -0.3 is 4.57 Å². The van der Waals surface area contributed by atoms with Crippen LogP contribution in [-0.4, -0.2) is 4.57 Å². The van der Waals surface area contributed by atoms with E-state index in [1.165, 1.54) is 22.3 Å². The van der Waals surface area contributed by atoms with Crippen LogP contribution in [0, 0.1) is 39.0 Å². The van der Waals surface area contributed by atoms with Gasteiger partial charge >= 0.3 is 0 Å². The molecule has 1 aromatic heterocycles. The van der Waals surface area contributed by atoms with E-state index in [2.05, 4.69) is 43.5 Å². The van der Waals surface area contributed by atoms with E-state index in [0.717, 1.165) is 17.0 Å². The van der Waals surface area contributed by atoms with E-state index in [1.54, 1.807) is 0 Å². The fraction of sp³-hybridized carbons (Fsp3) is 0.312. The first kappa shape index (κ1) is 12.4. The molecule has 0 saturated carbocycles. The Kier molecular flexibility index (Phi) is 3.00. The monoisotopic (exact) mass is 238 g/mol. The van der Waals surface area contributed by atoms with Crippen LogP contribution < -0.4 is 0 Å². The Hall–Kier alpha value is -2.01. The molecule has 1 aromatic carbocycles. The summed E-state index contributed by atoms with van der Waals surface area (Å²) >= 11 is 0. The highest BCUT2D eigenvalue weighted by Gasteiger charge is 2.14. The van der Waals surface area contributed by atoms with Crippen LogP contribution in [0.4, 0.5) is 0 Å². The quantitative estimate of drug-likeness (QED) is 0.743. The molecule has 0 aliphatic carbocycles. The van der Waals surface area contributed by atoms with Crippen molar-refractivity contribution in [2.24, 2.45) is 7.05 Å². The van der Waals surface area contributed by atoms with Crippen LogP contribution in [0.5, 0.6) is 0 Å². The van der Waals surface area contributed by atoms with Crippen molar-refractivity contribution in [1.82, 2.24) is 4.57 Å². The van der Waals surface area contributed by atoms with Gasteiger partial charge in [0.25, 0.3) is 0 Å². The van der Waals surface area contributed by atoms with Gasteiger partial charge in [-0.25, -0.2) is 0 Å². The Bertz CT molecular complexity index is 631. The van der Waals surface area contributed by atoms with Crippen LogP contribution in [0.2, 0.25) is 0 Å². The molecule has 2 heteroatoms. The average molecular weight is 238 g/mol. The number of nitriles is 1. The van der Waals surface area contributed by atoms with E-state index in [0.29, 0.717) is 0 Å². The summed E-state index contributed by atoms with van der Waals surface area (Å²) in [6, 6.07) is 8.62. The number of nitrogens with zero attached hydrogens (tertiary/aromatic N) is 2. The molecule has 0 fully saturated rings. The zero-order valence-corrected chi connectivity index (χ0v) is 11.6. The molecule has 0 atom stereocenters. The summed E-state index contributed by atoms with van der Waals surface area (Å²) in [5.74, 6) is 0. The number of rotatable bonds is 1. The summed E-state index contributed by atoms with van der Waals surface area (Å²) in [5, 5.41) is 9.12. The predicted octanol–water partition coefficient (Wildman–Crippen LogP) is 3.80. The Morgan fingerprint density at radius 3 is 2.00 bits per heavy atom. The molecule has 2 rings (SSSR count). The zero-order chi connectivity index (χ0) is 13.4. The zero-order valence-electron chi connectivity index (χ0n) is 11.6. The van der Waals surface area contributed by atoms with Gasteiger partial charge in [0, 0.05) is 24.0 Å². The maximum Gasteiger partial charge on any atom is 0.101 e. The number of aromatic nitrogens is 1. The summed E-state index contributed by atoms with van der Waals surface area (Å²) < 4.78 is 2.10. The third-order valence-electron chi connectivity index (χ3n) is 3.59. The van der Waals surface area contributed by atoms with Crippen molar-refractivity contribution in [3.05, 3.63) is 46.1 Å². The van der Waals surface area contributed by atoms with E-state index >= 15 is 0 Å². The lowest BCUT2D eigenvalue weighted by molar-refractivity contribution is 0.886. The molecule has 2 aromatic rings. The number of aryl methyl sites for hydroxylation is 3. The second-order valence-electron chi connectivity index (χ2n) is 4.97. The molecule has 1 heterocycles. The van der Waals surface area contributed by atoms with Gasteiger partial charge in [-0.2, -0.15) is 5.26 Å². The summed E-state index contributed by atoms with van der Waals surface area (Å²) in [4.78, 5) is 0. The SMILES string of the molecule is Cc1cc(C)c(-c2cc(C#N)c(C)n2C)c(C)c1. The van der Waals surface area contributed by atoms with Gasteiger partial charge in [-0.3, -0.25) is 0 Å². The summed E-state index contributed by atoms with van der Waals surface area (Å²) in [7, 11) is 2.02. The van der Waals surface area contributed by atoms with Crippen molar-refractivity contribution < 1.29 is 0 Å². The molecular formula is C16H18N2. The number of hydrogen-bond donors (Lipinski definition) is 0. The van der Waals surface area contributed by atoms with E-state index in [9.17, 15) is 0 Å². The Labute approximate surface area is 108 Å². The van der Waals surface area contributed by atoms with Gasteiger partial charge in [-0.15, -0.1) is 0 Å². The topological polar surface area (TPSA) is 28.7 Å². The molecule has 0 radical (unpaired) electrons. The summed E-state index contributed by atoms with van der Waals surface area (Å²) in [5.41, 5.74) is 7.95. The van der Waals surface area contributed by atoms with Crippen molar-refractivity contribution in [2.45, 2.75) is 27.7 Å². The van der Waals surface area contributed by atoms with E-state index in [-0.39, 0.29) is 0 Å². The number of benzene rings is 1. The van der Waals surface area contributed by atoms with Crippen LogP contribution in [-0.2, 0) is 7.05 Å². The molecule has 0 aliphatic heterocycles. The van der Waals surface area contributed by atoms with E-state index in [4.69, 9.17) is 5.26 Å². The molecule has 0 saturated heterocycles. The molecule has 0 N–H and O–H groups in total. The average Bonchev–Trinajstić information content (AvgIpc) is 2.56. The fourth-order valence-electron chi connectivity index (χ4n) is 2.64. The van der Waals surface area contributed by atoms with Gasteiger partial charge in [0.2, 0.25) is 0 Å². The highest BCUT2D eigenvalue weighted by molar-refractivity contribution is 5.71. The fourth-order valence-corrected chi connectivity index (χ4v) is 2.64. The lowest BCUT2D eigenvalue weighted by atomic mass is 9.97. The van der Waals surface area contributed by atoms with Gasteiger partial charge in [0.15, 0.2) is 0 Å².